The van der Waals surface area contributed by atoms with Gasteiger partial charge in [0.05, 0.1) is 10.0 Å². The summed E-state index contributed by atoms with van der Waals surface area (Å²) in [4.78, 5) is 13.5. The van der Waals surface area contributed by atoms with Crippen LogP contribution in [0.25, 0.3) is 11.2 Å². The summed E-state index contributed by atoms with van der Waals surface area (Å²) in [6.07, 6.45) is 3.23. The second-order valence-electron chi connectivity index (χ2n) is 4.75. The maximum atomic E-state index is 5.99. The zero-order valence-electron chi connectivity index (χ0n) is 11.5. The molecule has 110 valence electrons. The number of pyridine rings is 1. The van der Waals surface area contributed by atoms with Crippen LogP contribution in [0.1, 0.15) is 16.5 Å². The molecule has 0 aliphatic rings. The predicted molar refractivity (Wildman–Crippen MR) is 87.5 cm³/mol. The van der Waals surface area contributed by atoms with Gasteiger partial charge < -0.3 is 4.57 Å². The van der Waals surface area contributed by atoms with E-state index in [9.17, 15) is 0 Å². The van der Waals surface area contributed by atoms with E-state index in [1.807, 2.05) is 13.0 Å². The van der Waals surface area contributed by atoms with E-state index in [4.69, 9.17) is 23.2 Å². The van der Waals surface area contributed by atoms with Crippen LogP contribution in [0.2, 0.25) is 5.02 Å². The lowest BCUT2D eigenvalue weighted by atomic mass is 10.4. The lowest BCUT2D eigenvalue weighted by Crippen LogP contribution is -2.07. The van der Waals surface area contributed by atoms with Crippen LogP contribution in [0.5, 0.6) is 0 Å². The van der Waals surface area contributed by atoms with Crippen LogP contribution in [0.3, 0.4) is 0 Å². The Bertz CT molecular complexity index is 766. The first kappa shape index (κ1) is 14.8. The summed E-state index contributed by atoms with van der Waals surface area (Å²) in [5, 5.41) is 3.79. The number of hydrogen-bond acceptors (Lipinski definition) is 4. The highest BCUT2D eigenvalue weighted by atomic mass is 35.5. The fourth-order valence-electron chi connectivity index (χ4n) is 2.27. The highest BCUT2D eigenvalue weighted by Crippen LogP contribution is 2.20. The topological polar surface area (TPSA) is 43.6 Å². The zero-order chi connectivity index (χ0) is 14.8. The first-order valence-corrected chi connectivity index (χ1v) is 8.44. The number of halogens is 2. The molecule has 0 bridgehead atoms. The second-order valence-corrected chi connectivity index (χ2v) is 6.50. The molecule has 0 saturated carbocycles. The van der Waals surface area contributed by atoms with E-state index in [1.165, 1.54) is 0 Å². The van der Waals surface area contributed by atoms with Crippen molar-refractivity contribution < 1.29 is 0 Å². The van der Waals surface area contributed by atoms with Gasteiger partial charge in [0.25, 0.3) is 0 Å². The van der Waals surface area contributed by atoms with Gasteiger partial charge in [-0.2, -0.15) is 0 Å². The average Bonchev–Trinajstić information content (AvgIpc) is 3.00. The minimum absolute atomic E-state index is 0.535. The molecule has 3 aromatic rings. The Morgan fingerprint density at radius 3 is 2.86 bits per heavy atom. The van der Waals surface area contributed by atoms with Gasteiger partial charge in [0.15, 0.2) is 5.65 Å². The van der Waals surface area contributed by atoms with Crippen LogP contribution in [0.4, 0.5) is 0 Å². The van der Waals surface area contributed by atoms with E-state index in [1.54, 1.807) is 17.5 Å². The fourth-order valence-corrected chi connectivity index (χ4v) is 3.35. The molecule has 0 N–H and O–H groups in total. The Morgan fingerprint density at radius 1 is 1.29 bits per heavy atom. The molecule has 0 aliphatic carbocycles. The summed E-state index contributed by atoms with van der Waals surface area (Å²) in [6.45, 7) is 2.80. The van der Waals surface area contributed by atoms with E-state index in [-0.39, 0.29) is 0 Å². The number of aryl methyl sites for hydroxylation is 4. The number of thiazole rings is 1. The molecule has 0 amide bonds. The molecule has 3 heterocycles. The Morgan fingerprint density at radius 2 is 2.14 bits per heavy atom. The zero-order valence-corrected chi connectivity index (χ0v) is 13.8. The summed E-state index contributed by atoms with van der Waals surface area (Å²) in [7, 11) is 0. The molecule has 0 aromatic carbocycles. The normalized spacial score (nSPS) is 11.4. The van der Waals surface area contributed by atoms with Gasteiger partial charge in [-0.1, -0.05) is 11.6 Å². The van der Waals surface area contributed by atoms with E-state index < -0.39 is 0 Å². The van der Waals surface area contributed by atoms with Crippen LogP contribution in [-0.4, -0.2) is 25.4 Å². The maximum absolute atomic E-state index is 5.99. The Kier molecular flexibility index (Phi) is 4.42. The SMILES string of the molecule is Cc1csc(CCn2c(CCCl)nc3cc(Cl)cnc32)n1. The van der Waals surface area contributed by atoms with Crippen molar-refractivity contribution in [3.8, 4) is 0 Å². The molecule has 0 saturated heterocycles. The van der Waals surface area contributed by atoms with Gasteiger partial charge >= 0.3 is 0 Å². The van der Waals surface area contributed by atoms with Crippen molar-refractivity contribution in [1.82, 2.24) is 19.5 Å². The van der Waals surface area contributed by atoms with Crippen molar-refractivity contribution >= 4 is 45.7 Å². The summed E-state index contributed by atoms with van der Waals surface area (Å²) in [5.41, 5.74) is 2.74. The van der Waals surface area contributed by atoms with Crippen molar-refractivity contribution in [3.05, 3.63) is 39.2 Å². The lowest BCUT2D eigenvalue weighted by Gasteiger charge is -2.06. The maximum Gasteiger partial charge on any atom is 0.160 e. The minimum Gasteiger partial charge on any atom is -0.312 e. The van der Waals surface area contributed by atoms with Crippen molar-refractivity contribution in [2.75, 3.05) is 5.88 Å². The molecule has 21 heavy (non-hydrogen) atoms. The smallest absolute Gasteiger partial charge is 0.160 e. The molecule has 4 nitrogen and oxygen atoms in total. The van der Waals surface area contributed by atoms with Gasteiger partial charge in [0.2, 0.25) is 0 Å². The molecule has 0 atom stereocenters. The number of rotatable bonds is 5. The standard InChI is InChI=1S/C14H14Cl2N4S/c1-9-8-21-13(18-9)3-5-20-12(2-4-15)19-11-6-10(16)7-17-14(11)20/h6-8H,2-5H2,1H3. The average molecular weight is 341 g/mol. The molecule has 0 unspecified atom stereocenters. The quantitative estimate of drug-likeness (QED) is 0.662. The highest BCUT2D eigenvalue weighted by Gasteiger charge is 2.12. The lowest BCUT2D eigenvalue weighted by molar-refractivity contribution is 0.667. The number of hydrogen-bond donors (Lipinski definition) is 0. The minimum atomic E-state index is 0.535. The number of aromatic nitrogens is 4. The number of imidazole rings is 1. The molecule has 0 aliphatic heterocycles. The Hall–Kier alpha value is -1.17. The summed E-state index contributed by atoms with van der Waals surface area (Å²) in [6, 6.07) is 1.84. The van der Waals surface area contributed by atoms with Crippen molar-refractivity contribution in [2.24, 2.45) is 0 Å². The van der Waals surface area contributed by atoms with Gasteiger partial charge in [0.1, 0.15) is 11.3 Å². The molecule has 3 rings (SSSR count). The van der Waals surface area contributed by atoms with E-state index in [2.05, 4.69) is 24.9 Å². The van der Waals surface area contributed by atoms with Gasteiger partial charge in [-0.05, 0) is 13.0 Å². The van der Waals surface area contributed by atoms with E-state index in [0.29, 0.717) is 17.3 Å². The first-order valence-electron chi connectivity index (χ1n) is 6.65. The van der Waals surface area contributed by atoms with Crippen molar-refractivity contribution in [3.63, 3.8) is 0 Å². The fraction of sp³-hybridized carbons (Fsp3) is 0.357. The van der Waals surface area contributed by atoms with Crippen LogP contribution in [0, 0.1) is 6.92 Å². The van der Waals surface area contributed by atoms with Crippen molar-refractivity contribution in [2.45, 2.75) is 26.3 Å². The van der Waals surface area contributed by atoms with Crippen LogP contribution in [-0.2, 0) is 19.4 Å². The monoisotopic (exact) mass is 340 g/mol. The molecule has 0 fully saturated rings. The third-order valence-electron chi connectivity index (χ3n) is 3.16. The molecule has 7 heteroatoms. The van der Waals surface area contributed by atoms with Gasteiger partial charge in [-0.15, -0.1) is 22.9 Å². The van der Waals surface area contributed by atoms with Gasteiger partial charge in [-0.25, -0.2) is 15.0 Å². The molecular weight excluding hydrogens is 327 g/mol. The first-order chi connectivity index (χ1) is 10.2. The highest BCUT2D eigenvalue weighted by molar-refractivity contribution is 7.09. The Labute approximate surface area is 136 Å². The van der Waals surface area contributed by atoms with Gasteiger partial charge in [0, 0.05) is 42.5 Å². The predicted octanol–water partition coefficient (Wildman–Crippen LogP) is 3.87. The summed E-state index contributed by atoms with van der Waals surface area (Å²) < 4.78 is 2.12. The molecule has 3 aromatic heterocycles. The summed E-state index contributed by atoms with van der Waals surface area (Å²) >= 11 is 13.6. The number of alkyl halides is 1. The third-order valence-corrected chi connectivity index (χ3v) is 4.59. The molecular formula is C14H14Cl2N4S. The Balaban J connectivity index is 1.92. The number of nitrogens with zero attached hydrogens (tertiary/aromatic N) is 4. The molecule has 0 radical (unpaired) electrons. The largest absolute Gasteiger partial charge is 0.312 e. The van der Waals surface area contributed by atoms with Gasteiger partial charge in [-0.3, -0.25) is 0 Å². The summed E-state index contributed by atoms with van der Waals surface area (Å²) in [5.74, 6) is 1.48. The number of fused-ring (bicyclic) bond motifs is 1. The molecule has 0 spiro atoms. The van der Waals surface area contributed by atoms with E-state index >= 15 is 0 Å². The van der Waals surface area contributed by atoms with Crippen LogP contribution in [0.15, 0.2) is 17.6 Å². The van der Waals surface area contributed by atoms with Crippen LogP contribution < -0.4 is 0 Å². The second kappa shape index (κ2) is 6.30. The van der Waals surface area contributed by atoms with E-state index in [0.717, 1.165) is 40.7 Å². The third kappa shape index (κ3) is 3.20. The van der Waals surface area contributed by atoms with Crippen LogP contribution >= 0.6 is 34.5 Å². The van der Waals surface area contributed by atoms with Crippen molar-refractivity contribution in [1.29, 1.82) is 0 Å².